The zero-order valence-corrected chi connectivity index (χ0v) is 20.2. The van der Waals surface area contributed by atoms with Crippen LogP contribution >= 0.6 is 0 Å². The summed E-state index contributed by atoms with van der Waals surface area (Å²) in [6.45, 7) is 0. The van der Waals surface area contributed by atoms with Gasteiger partial charge in [0.2, 0.25) is 0 Å². The van der Waals surface area contributed by atoms with Gasteiger partial charge < -0.3 is 30.6 Å². The zero-order valence-electron chi connectivity index (χ0n) is 20.2. The number of aliphatic hydroxyl groups excluding tert-OH is 2. The number of rotatable bonds is 5. The van der Waals surface area contributed by atoms with Crippen LogP contribution in [-0.4, -0.2) is 63.7 Å². The van der Waals surface area contributed by atoms with Gasteiger partial charge in [-0.2, -0.15) is 5.10 Å². The van der Waals surface area contributed by atoms with E-state index in [9.17, 15) is 15.0 Å². The first-order valence-corrected chi connectivity index (χ1v) is 11.9. The van der Waals surface area contributed by atoms with Crippen molar-refractivity contribution < 1.29 is 19.7 Å². The Kier molecular flexibility index (Phi) is 5.83. The Labute approximate surface area is 216 Å². The van der Waals surface area contributed by atoms with Crippen molar-refractivity contribution in [3.05, 3.63) is 73.4 Å². The molecule has 0 spiro atoms. The maximum absolute atomic E-state index is 13.0. The number of nitrogens with two attached hydrogens (primary N) is 1. The molecule has 6 rings (SSSR count). The first-order valence-electron chi connectivity index (χ1n) is 11.9. The number of aromatic nitrogens is 6. The summed E-state index contributed by atoms with van der Waals surface area (Å²) in [4.78, 5) is 25.7. The predicted octanol–water partition coefficient (Wildman–Crippen LogP) is 1.73. The first-order chi connectivity index (χ1) is 18.4. The number of ether oxygens (including phenoxy) is 1. The lowest BCUT2D eigenvalue weighted by Gasteiger charge is -2.17. The van der Waals surface area contributed by atoms with Crippen molar-refractivity contribution in [2.45, 2.75) is 24.5 Å². The molecular formula is C26H24N8O4. The molecule has 4 atom stereocenters. The molecule has 1 aliphatic rings. The third-order valence-electron chi connectivity index (χ3n) is 6.52. The highest BCUT2D eigenvalue weighted by atomic mass is 16.6. The molecular weight excluding hydrogens is 488 g/mol. The molecule has 0 bridgehead atoms. The van der Waals surface area contributed by atoms with Crippen LogP contribution < -0.4 is 11.1 Å². The number of nitrogens with one attached hydrogen (secondary N) is 1. The summed E-state index contributed by atoms with van der Waals surface area (Å²) in [6.07, 6.45) is 0.976. The molecule has 4 aromatic heterocycles. The van der Waals surface area contributed by atoms with Gasteiger partial charge in [0, 0.05) is 36.8 Å². The molecule has 12 nitrogen and oxygen atoms in total. The zero-order chi connectivity index (χ0) is 26.4. The van der Waals surface area contributed by atoms with E-state index in [1.54, 1.807) is 42.5 Å². The average Bonchev–Trinajstić information content (AvgIpc) is 3.61. The number of anilines is 2. The number of carbonyl (C=O) groups excluding carboxylic acids is 1. The Morgan fingerprint density at radius 1 is 1.03 bits per heavy atom. The van der Waals surface area contributed by atoms with E-state index in [0.717, 1.165) is 11.1 Å². The molecule has 0 saturated carbocycles. The Hall–Kier alpha value is -4.65. The van der Waals surface area contributed by atoms with Crippen LogP contribution in [0.2, 0.25) is 0 Å². The number of hydrogen-bond acceptors (Lipinski definition) is 9. The fraction of sp³-hybridized carbons (Fsp3) is 0.192. The van der Waals surface area contributed by atoms with Gasteiger partial charge in [-0.15, -0.1) is 0 Å². The molecule has 12 heteroatoms. The summed E-state index contributed by atoms with van der Waals surface area (Å²) < 4.78 is 9.07. The van der Waals surface area contributed by atoms with Crippen LogP contribution in [0.1, 0.15) is 6.23 Å². The third-order valence-corrected chi connectivity index (χ3v) is 6.52. The number of fused-ring (bicyclic) bond motifs is 1. The summed E-state index contributed by atoms with van der Waals surface area (Å²) in [5.41, 5.74) is 9.65. The number of nitrogen functional groups attached to an aromatic ring is 1. The second kappa shape index (κ2) is 9.34. The first kappa shape index (κ1) is 23.7. The number of aliphatic hydroxyl groups is 2. The minimum Gasteiger partial charge on any atom is -0.387 e. The van der Waals surface area contributed by atoms with Crippen molar-refractivity contribution in [2.75, 3.05) is 11.1 Å². The van der Waals surface area contributed by atoms with Gasteiger partial charge >= 0.3 is 0 Å². The lowest BCUT2D eigenvalue weighted by atomic mass is 10.1. The van der Waals surface area contributed by atoms with E-state index in [1.807, 2.05) is 36.4 Å². The molecule has 5 N–H and O–H groups in total. The fourth-order valence-corrected chi connectivity index (χ4v) is 4.63. The van der Waals surface area contributed by atoms with E-state index in [-0.39, 0.29) is 11.6 Å². The van der Waals surface area contributed by atoms with E-state index >= 15 is 0 Å². The number of amides is 1. The second-order valence-electron chi connectivity index (χ2n) is 9.00. The van der Waals surface area contributed by atoms with Crippen molar-refractivity contribution in [1.29, 1.82) is 0 Å². The SMILES string of the molecule is Cn1ccc(-c2cn([C@@H]3O[C@H](C(=O)Nc4ccc(-c5ccccc5)cn4)[C@@H](O)[C@H]3O)c3ncnc(N)c23)n1. The molecule has 1 fully saturated rings. The van der Waals surface area contributed by atoms with Crippen LogP contribution in [0.4, 0.5) is 11.6 Å². The molecule has 192 valence electrons. The summed E-state index contributed by atoms with van der Waals surface area (Å²) in [5, 5.41) is 29.2. The van der Waals surface area contributed by atoms with Gasteiger partial charge in [0.05, 0.1) is 11.1 Å². The maximum atomic E-state index is 13.0. The Morgan fingerprint density at radius 2 is 1.84 bits per heavy atom. The van der Waals surface area contributed by atoms with Crippen LogP contribution in [0.5, 0.6) is 0 Å². The highest BCUT2D eigenvalue weighted by Crippen LogP contribution is 2.38. The van der Waals surface area contributed by atoms with E-state index < -0.39 is 30.4 Å². The van der Waals surface area contributed by atoms with Gasteiger partial charge in [-0.3, -0.25) is 9.48 Å². The Balaban J connectivity index is 1.26. The predicted molar refractivity (Wildman–Crippen MR) is 138 cm³/mol. The van der Waals surface area contributed by atoms with Gasteiger partial charge in [0.25, 0.3) is 5.91 Å². The topological polar surface area (TPSA) is 166 Å². The van der Waals surface area contributed by atoms with Gasteiger partial charge in [0.1, 0.15) is 35.8 Å². The molecule has 5 aromatic rings. The van der Waals surface area contributed by atoms with E-state index in [1.165, 1.54) is 10.9 Å². The second-order valence-corrected chi connectivity index (χ2v) is 9.00. The number of nitrogens with zero attached hydrogens (tertiary/aromatic N) is 6. The number of aryl methyl sites for hydroxylation is 1. The van der Waals surface area contributed by atoms with Crippen molar-refractivity contribution in [1.82, 2.24) is 29.3 Å². The molecule has 0 aliphatic carbocycles. The highest BCUT2D eigenvalue weighted by molar-refractivity contribution is 6.00. The molecule has 5 heterocycles. The molecule has 0 radical (unpaired) electrons. The number of carbonyl (C=O) groups is 1. The summed E-state index contributed by atoms with van der Waals surface area (Å²) >= 11 is 0. The maximum Gasteiger partial charge on any atom is 0.257 e. The minimum atomic E-state index is -1.50. The average molecular weight is 513 g/mol. The Bertz CT molecular complexity index is 1620. The summed E-state index contributed by atoms with van der Waals surface area (Å²) in [5.74, 6) is -0.135. The van der Waals surface area contributed by atoms with Crippen LogP contribution in [0.25, 0.3) is 33.4 Å². The quantitative estimate of drug-likeness (QED) is 0.274. The molecule has 1 amide bonds. The van der Waals surface area contributed by atoms with Crippen molar-refractivity contribution in [3.63, 3.8) is 0 Å². The van der Waals surface area contributed by atoms with Gasteiger partial charge in [0.15, 0.2) is 12.3 Å². The smallest absolute Gasteiger partial charge is 0.257 e. The standard InChI is InChI=1S/C26H24N8O4/c1-33-10-9-17(32-33)16-12-34(24-19(16)23(27)29-13-30-24)26-21(36)20(35)22(38-26)25(37)31-18-8-7-15(11-28-18)14-5-3-2-4-6-14/h2-13,20-22,26,35-36H,1H3,(H2,27,29,30)(H,28,31,37)/t20-,21+,22-,26+/m0/s1. The minimum absolute atomic E-state index is 0.224. The summed E-state index contributed by atoms with van der Waals surface area (Å²) in [7, 11) is 1.79. The van der Waals surface area contributed by atoms with Crippen molar-refractivity contribution in [3.8, 4) is 22.4 Å². The lowest BCUT2D eigenvalue weighted by molar-refractivity contribution is -0.132. The molecule has 1 saturated heterocycles. The third kappa shape index (κ3) is 4.06. The monoisotopic (exact) mass is 512 g/mol. The number of benzene rings is 1. The van der Waals surface area contributed by atoms with Crippen LogP contribution in [0.15, 0.2) is 73.4 Å². The number of pyridine rings is 1. The van der Waals surface area contributed by atoms with Crippen molar-refractivity contribution >= 4 is 28.6 Å². The largest absolute Gasteiger partial charge is 0.387 e. The van der Waals surface area contributed by atoms with Gasteiger partial charge in [-0.1, -0.05) is 30.3 Å². The van der Waals surface area contributed by atoms with Crippen LogP contribution in [-0.2, 0) is 16.6 Å². The van der Waals surface area contributed by atoms with Crippen LogP contribution in [0, 0.1) is 0 Å². The van der Waals surface area contributed by atoms with E-state index in [0.29, 0.717) is 22.3 Å². The number of hydrogen-bond donors (Lipinski definition) is 4. The van der Waals surface area contributed by atoms with E-state index in [4.69, 9.17) is 10.5 Å². The normalized spacial score (nSPS) is 21.1. The summed E-state index contributed by atoms with van der Waals surface area (Å²) in [6, 6.07) is 15.0. The molecule has 38 heavy (non-hydrogen) atoms. The van der Waals surface area contributed by atoms with Gasteiger partial charge in [-0.25, -0.2) is 15.0 Å². The highest BCUT2D eigenvalue weighted by Gasteiger charge is 2.48. The Morgan fingerprint density at radius 3 is 2.55 bits per heavy atom. The van der Waals surface area contributed by atoms with Crippen molar-refractivity contribution in [2.24, 2.45) is 7.05 Å². The lowest BCUT2D eigenvalue weighted by Crippen LogP contribution is -2.39. The van der Waals surface area contributed by atoms with Crippen LogP contribution in [0.3, 0.4) is 0 Å². The van der Waals surface area contributed by atoms with Gasteiger partial charge in [-0.05, 0) is 23.8 Å². The van der Waals surface area contributed by atoms with E-state index in [2.05, 4.69) is 25.4 Å². The fourth-order valence-electron chi connectivity index (χ4n) is 4.63. The molecule has 1 aromatic carbocycles. The molecule has 0 unspecified atom stereocenters. The molecule has 1 aliphatic heterocycles.